The van der Waals surface area contributed by atoms with Crippen molar-refractivity contribution in [3.05, 3.63) is 57.1 Å². The van der Waals surface area contributed by atoms with Crippen molar-refractivity contribution in [2.45, 2.75) is 25.8 Å². The topological polar surface area (TPSA) is 38.0 Å². The number of fused-ring (bicyclic) bond motifs is 1. The standard InChI is InChI=1S/C16H18N2S2/c1-2-11-7-8-12(20-11)9-15(18-17)14-10-19-16-6-4-3-5-13(14)16/h3-8,10,15,18H,2,9,17H2,1H3. The first-order chi connectivity index (χ1) is 9.81. The molecule has 3 aromatic rings. The molecule has 1 unspecified atom stereocenters. The minimum absolute atomic E-state index is 0.175. The lowest BCUT2D eigenvalue weighted by atomic mass is 10.0. The van der Waals surface area contributed by atoms with E-state index >= 15 is 0 Å². The average molecular weight is 302 g/mol. The van der Waals surface area contributed by atoms with Crippen LogP contribution in [0.2, 0.25) is 0 Å². The molecule has 2 heterocycles. The fraction of sp³-hybridized carbons (Fsp3) is 0.250. The van der Waals surface area contributed by atoms with E-state index in [0.717, 1.165) is 12.8 Å². The largest absolute Gasteiger partial charge is 0.271 e. The number of thiophene rings is 2. The molecule has 4 heteroatoms. The van der Waals surface area contributed by atoms with Crippen LogP contribution < -0.4 is 11.3 Å². The van der Waals surface area contributed by atoms with Crippen LogP contribution in [0.15, 0.2) is 41.8 Å². The molecule has 2 nitrogen and oxygen atoms in total. The van der Waals surface area contributed by atoms with Gasteiger partial charge in [-0.25, -0.2) is 0 Å². The van der Waals surface area contributed by atoms with Crippen molar-refractivity contribution in [1.29, 1.82) is 0 Å². The van der Waals surface area contributed by atoms with Gasteiger partial charge in [-0.05, 0) is 40.9 Å². The number of benzene rings is 1. The van der Waals surface area contributed by atoms with Crippen LogP contribution in [0.5, 0.6) is 0 Å². The number of nitrogens with two attached hydrogens (primary N) is 1. The smallest absolute Gasteiger partial charge is 0.0522 e. The highest BCUT2D eigenvalue weighted by molar-refractivity contribution is 7.17. The SMILES string of the molecule is CCc1ccc(CC(NN)c2csc3ccccc23)s1. The summed E-state index contributed by atoms with van der Waals surface area (Å²) in [4.78, 5) is 2.83. The van der Waals surface area contributed by atoms with Gasteiger partial charge in [-0.1, -0.05) is 25.1 Å². The molecule has 0 saturated carbocycles. The third kappa shape index (κ3) is 2.65. The summed E-state index contributed by atoms with van der Waals surface area (Å²) in [5, 5.41) is 3.54. The van der Waals surface area contributed by atoms with Gasteiger partial charge in [0, 0.05) is 20.9 Å². The fourth-order valence-corrected chi connectivity index (χ4v) is 4.47. The molecule has 0 amide bonds. The molecule has 20 heavy (non-hydrogen) atoms. The van der Waals surface area contributed by atoms with E-state index in [9.17, 15) is 0 Å². The molecule has 1 atom stereocenters. The van der Waals surface area contributed by atoms with Gasteiger partial charge in [0.25, 0.3) is 0 Å². The van der Waals surface area contributed by atoms with Crippen LogP contribution in [0.3, 0.4) is 0 Å². The van der Waals surface area contributed by atoms with Gasteiger partial charge in [0.2, 0.25) is 0 Å². The quantitative estimate of drug-likeness (QED) is 0.545. The first kappa shape index (κ1) is 13.8. The Labute approximate surface area is 127 Å². The molecule has 2 aromatic heterocycles. The van der Waals surface area contributed by atoms with Gasteiger partial charge in [0.05, 0.1) is 6.04 Å². The molecule has 3 N–H and O–H groups in total. The van der Waals surface area contributed by atoms with Gasteiger partial charge in [0.15, 0.2) is 0 Å². The van der Waals surface area contributed by atoms with Crippen molar-refractivity contribution in [2.24, 2.45) is 5.84 Å². The molecule has 1 aromatic carbocycles. The van der Waals surface area contributed by atoms with E-state index in [1.54, 1.807) is 11.3 Å². The van der Waals surface area contributed by atoms with Crippen LogP contribution in [-0.4, -0.2) is 0 Å². The van der Waals surface area contributed by atoms with Gasteiger partial charge < -0.3 is 0 Å². The molecule has 0 fully saturated rings. The first-order valence-corrected chi connectivity index (χ1v) is 8.51. The second kappa shape index (κ2) is 6.06. The molecule has 0 bridgehead atoms. The zero-order chi connectivity index (χ0) is 13.9. The second-order valence-electron chi connectivity index (χ2n) is 4.83. The highest BCUT2D eigenvalue weighted by Crippen LogP contribution is 2.32. The summed E-state index contributed by atoms with van der Waals surface area (Å²) in [6, 6.07) is 13.1. The molecular formula is C16H18N2S2. The molecule has 0 aliphatic rings. The summed E-state index contributed by atoms with van der Waals surface area (Å²) in [6.45, 7) is 2.20. The molecule has 104 valence electrons. The van der Waals surface area contributed by atoms with Crippen LogP contribution in [0.1, 0.15) is 28.3 Å². The lowest BCUT2D eigenvalue weighted by molar-refractivity contribution is 0.560. The predicted octanol–water partition coefficient (Wildman–Crippen LogP) is 4.27. The number of hydrazine groups is 1. The van der Waals surface area contributed by atoms with Crippen LogP contribution >= 0.6 is 22.7 Å². The van der Waals surface area contributed by atoms with E-state index in [2.05, 4.69) is 54.1 Å². The zero-order valence-corrected chi connectivity index (χ0v) is 13.1. The van der Waals surface area contributed by atoms with Crippen LogP contribution in [0.25, 0.3) is 10.1 Å². The minimum Gasteiger partial charge on any atom is -0.271 e. The van der Waals surface area contributed by atoms with Gasteiger partial charge in [-0.2, -0.15) is 0 Å². The van der Waals surface area contributed by atoms with Crippen LogP contribution in [-0.2, 0) is 12.8 Å². The van der Waals surface area contributed by atoms with Crippen molar-refractivity contribution in [3.8, 4) is 0 Å². The Hall–Kier alpha value is -1.20. The monoisotopic (exact) mass is 302 g/mol. The van der Waals surface area contributed by atoms with E-state index in [1.807, 2.05) is 11.3 Å². The second-order valence-corrected chi connectivity index (χ2v) is 7.00. The summed E-state index contributed by atoms with van der Waals surface area (Å²) in [6.07, 6.45) is 2.05. The Morgan fingerprint density at radius 1 is 1.15 bits per heavy atom. The van der Waals surface area contributed by atoms with E-state index < -0.39 is 0 Å². The first-order valence-electron chi connectivity index (χ1n) is 6.81. The molecular weight excluding hydrogens is 284 g/mol. The van der Waals surface area contributed by atoms with Crippen molar-refractivity contribution < 1.29 is 0 Å². The minimum atomic E-state index is 0.175. The predicted molar refractivity (Wildman–Crippen MR) is 89.3 cm³/mol. The summed E-state index contributed by atoms with van der Waals surface area (Å²) >= 11 is 3.67. The summed E-state index contributed by atoms with van der Waals surface area (Å²) in [7, 11) is 0. The van der Waals surface area contributed by atoms with E-state index in [-0.39, 0.29) is 6.04 Å². The number of hydrogen-bond donors (Lipinski definition) is 2. The molecule has 3 rings (SSSR count). The Balaban J connectivity index is 1.89. The lowest BCUT2D eigenvalue weighted by Crippen LogP contribution is -2.29. The zero-order valence-electron chi connectivity index (χ0n) is 11.4. The third-order valence-electron chi connectivity index (χ3n) is 3.56. The number of aryl methyl sites for hydroxylation is 1. The van der Waals surface area contributed by atoms with Gasteiger partial charge in [-0.3, -0.25) is 11.3 Å². The maximum absolute atomic E-state index is 5.80. The van der Waals surface area contributed by atoms with Crippen LogP contribution in [0, 0.1) is 0 Å². The highest BCUT2D eigenvalue weighted by atomic mass is 32.1. The van der Waals surface area contributed by atoms with Crippen molar-refractivity contribution >= 4 is 32.8 Å². The normalized spacial score (nSPS) is 12.9. The van der Waals surface area contributed by atoms with E-state index in [1.165, 1.54) is 25.4 Å². The number of rotatable bonds is 5. The molecule has 0 aliphatic carbocycles. The van der Waals surface area contributed by atoms with Crippen molar-refractivity contribution in [1.82, 2.24) is 5.43 Å². The van der Waals surface area contributed by atoms with Crippen LogP contribution in [0.4, 0.5) is 0 Å². The molecule has 0 spiro atoms. The molecule has 0 aliphatic heterocycles. The van der Waals surface area contributed by atoms with Gasteiger partial charge >= 0.3 is 0 Å². The fourth-order valence-electron chi connectivity index (χ4n) is 2.45. The van der Waals surface area contributed by atoms with Gasteiger partial charge in [-0.15, -0.1) is 22.7 Å². The van der Waals surface area contributed by atoms with Crippen molar-refractivity contribution in [3.63, 3.8) is 0 Å². The summed E-state index contributed by atoms with van der Waals surface area (Å²) in [5.41, 5.74) is 4.29. The Kier molecular flexibility index (Phi) is 4.17. The maximum Gasteiger partial charge on any atom is 0.0522 e. The molecule has 0 saturated heterocycles. The van der Waals surface area contributed by atoms with E-state index in [4.69, 9.17) is 5.84 Å². The number of nitrogens with one attached hydrogen (secondary N) is 1. The Bertz CT molecular complexity index is 699. The van der Waals surface area contributed by atoms with E-state index in [0.29, 0.717) is 0 Å². The van der Waals surface area contributed by atoms with Crippen molar-refractivity contribution in [2.75, 3.05) is 0 Å². The lowest BCUT2D eigenvalue weighted by Gasteiger charge is -2.14. The van der Waals surface area contributed by atoms with Gasteiger partial charge in [0.1, 0.15) is 0 Å². The highest BCUT2D eigenvalue weighted by Gasteiger charge is 2.16. The average Bonchev–Trinajstić information content (AvgIpc) is 3.11. The third-order valence-corrected chi connectivity index (χ3v) is 5.79. The Morgan fingerprint density at radius 3 is 2.70 bits per heavy atom. The Morgan fingerprint density at radius 2 is 1.95 bits per heavy atom. The molecule has 0 radical (unpaired) electrons. The summed E-state index contributed by atoms with van der Waals surface area (Å²) < 4.78 is 1.32. The number of hydrogen-bond acceptors (Lipinski definition) is 4. The summed E-state index contributed by atoms with van der Waals surface area (Å²) in [5.74, 6) is 5.80. The maximum atomic E-state index is 5.80.